The highest BCUT2D eigenvalue weighted by atomic mass is 79.9. The van der Waals surface area contributed by atoms with Crippen molar-refractivity contribution in [1.82, 2.24) is 4.98 Å². The predicted octanol–water partition coefficient (Wildman–Crippen LogP) is 2.57. The molecular weight excluding hydrogens is 266 g/mol. The van der Waals surface area contributed by atoms with Gasteiger partial charge in [0, 0.05) is 23.8 Å². The molecule has 0 aliphatic rings. The fourth-order valence-electron chi connectivity index (χ4n) is 1.68. The van der Waals surface area contributed by atoms with Crippen LogP contribution in [-0.2, 0) is 0 Å². The summed E-state index contributed by atoms with van der Waals surface area (Å²) in [6.07, 6.45) is 1.85. The quantitative estimate of drug-likeness (QED) is 0.904. The van der Waals surface area contributed by atoms with Crippen molar-refractivity contribution in [2.45, 2.75) is 20.8 Å². The molecule has 0 saturated heterocycles. The van der Waals surface area contributed by atoms with Crippen molar-refractivity contribution in [1.29, 1.82) is 0 Å². The summed E-state index contributed by atoms with van der Waals surface area (Å²) in [5.74, 6) is 1.55. The van der Waals surface area contributed by atoms with Gasteiger partial charge in [0.1, 0.15) is 5.82 Å². The van der Waals surface area contributed by atoms with Crippen molar-refractivity contribution < 1.29 is 0 Å². The molecule has 1 aromatic heterocycles. The SMILES string of the molecule is CCN(CC(C)CN)c1ncc(Br)cc1C. The van der Waals surface area contributed by atoms with E-state index in [0.29, 0.717) is 12.5 Å². The Morgan fingerprint density at radius 3 is 2.75 bits per heavy atom. The van der Waals surface area contributed by atoms with Gasteiger partial charge in [-0.25, -0.2) is 4.98 Å². The molecule has 0 radical (unpaired) electrons. The van der Waals surface area contributed by atoms with Crippen LogP contribution in [0.3, 0.4) is 0 Å². The van der Waals surface area contributed by atoms with Crippen LogP contribution in [0.4, 0.5) is 5.82 Å². The van der Waals surface area contributed by atoms with E-state index in [1.165, 1.54) is 5.56 Å². The van der Waals surface area contributed by atoms with Gasteiger partial charge in [-0.3, -0.25) is 0 Å². The van der Waals surface area contributed by atoms with Gasteiger partial charge in [0.15, 0.2) is 0 Å². The lowest BCUT2D eigenvalue weighted by Gasteiger charge is -2.26. The van der Waals surface area contributed by atoms with Crippen LogP contribution in [0.5, 0.6) is 0 Å². The van der Waals surface area contributed by atoms with Crippen molar-refractivity contribution in [3.05, 3.63) is 22.3 Å². The molecule has 90 valence electrons. The molecule has 1 atom stereocenters. The zero-order chi connectivity index (χ0) is 12.1. The van der Waals surface area contributed by atoms with Crippen molar-refractivity contribution in [3.63, 3.8) is 0 Å². The normalized spacial score (nSPS) is 12.6. The third-order valence-corrected chi connectivity index (χ3v) is 3.07. The van der Waals surface area contributed by atoms with Gasteiger partial charge in [0.2, 0.25) is 0 Å². The zero-order valence-corrected chi connectivity index (χ0v) is 11.8. The summed E-state index contributed by atoms with van der Waals surface area (Å²) in [7, 11) is 0. The Morgan fingerprint density at radius 2 is 2.25 bits per heavy atom. The Bertz CT molecular complexity index is 341. The first-order valence-corrected chi connectivity index (χ1v) is 6.45. The first-order valence-electron chi connectivity index (χ1n) is 5.65. The molecule has 1 unspecified atom stereocenters. The van der Waals surface area contributed by atoms with Crippen molar-refractivity contribution in [3.8, 4) is 0 Å². The van der Waals surface area contributed by atoms with Crippen LogP contribution in [0.1, 0.15) is 19.4 Å². The molecule has 0 fully saturated rings. The Kier molecular flexibility index (Phi) is 5.22. The lowest BCUT2D eigenvalue weighted by atomic mass is 10.1. The van der Waals surface area contributed by atoms with Crippen LogP contribution in [0.2, 0.25) is 0 Å². The van der Waals surface area contributed by atoms with Gasteiger partial charge in [-0.1, -0.05) is 6.92 Å². The molecule has 1 aromatic rings. The summed E-state index contributed by atoms with van der Waals surface area (Å²) in [4.78, 5) is 6.75. The number of halogens is 1. The highest BCUT2D eigenvalue weighted by Crippen LogP contribution is 2.21. The lowest BCUT2D eigenvalue weighted by Crippen LogP contribution is -2.32. The van der Waals surface area contributed by atoms with E-state index in [0.717, 1.165) is 23.4 Å². The first-order chi connectivity index (χ1) is 7.58. The molecule has 0 aliphatic heterocycles. The van der Waals surface area contributed by atoms with E-state index >= 15 is 0 Å². The van der Waals surface area contributed by atoms with Crippen LogP contribution >= 0.6 is 15.9 Å². The van der Waals surface area contributed by atoms with Gasteiger partial charge >= 0.3 is 0 Å². The number of nitrogens with zero attached hydrogens (tertiary/aromatic N) is 2. The maximum Gasteiger partial charge on any atom is 0.131 e. The Hall–Kier alpha value is -0.610. The second-order valence-electron chi connectivity index (χ2n) is 4.17. The van der Waals surface area contributed by atoms with Crippen molar-refractivity contribution in [2.24, 2.45) is 11.7 Å². The fourth-order valence-corrected chi connectivity index (χ4v) is 2.13. The standard InChI is InChI=1S/C12H20BrN3/c1-4-16(8-9(2)6-14)12-10(3)5-11(13)7-15-12/h5,7,9H,4,6,8,14H2,1-3H3. The summed E-state index contributed by atoms with van der Waals surface area (Å²) >= 11 is 3.43. The molecule has 0 saturated carbocycles. The van der Waals surface area contributed by atoms with Crippen LogP contribution in [0, 0.1) is 12.8 Å². The molecule has 1 rings (SSSR count). The number of rotatable bonds is 5. The number of nitrogens with two attached hydrogens (primary N) is 1. The molecule has 0 spiro atoms. The summed E-state index contributed by atoms with van der Waals surface area (Å²) in [6.45, 7) is 9.03. The molecule has 0 bridgehead atoms. The average Bonchev–Trinajstić information content (AvgIpc) is 2.26. The minimum atomic E-state index is 0.491. The summed E-state index contributed by atoms with van der Waals surface area (Å²) in [6, 6.07) is 2.10. The van der Waals surface area contributed by atoms with Crippen molar-refractivity contribution in [2.75, 3.05) is 24.5 Å². The van der Waals surface area contributed by atoms with Crippen molar-refractivity contribution >= 4 is 21.7 Å². The molecule has 16 heavy (non-hydrogen) atoms. The first kappa shape index (κ1) is 13.5. The number of hydrogen-bond donors (Lipinski definition) is 1. The van der Waals surface area contributed by atoms with E-state index in [1.807, 2.05) is 6.20 Å². The monoisotopic (exact) mass is 285 g/mol. The van der Waals surface area contributed by atoms with Gasteiger partial charge < -0.3 is 10.6 Å². The second kappa shape index (κ2) is 6.21. The zero-order valence-electron chi connectivity index (χ0n) is 10.2. The summed E-state index contributed by atoms with van der Waals surface area (Å²) in [5.41, 5.74) is 6.86. The predicted molar refractivity (Wildman–Crippen MR) is 72.8 cm³/mol. The largest absolute Gasteiger partial charge is 0.356 e. The van der Waals surface area contributed by atoms with Crippen LogP contribution in [0.25, 0.3) is 0 Å². The van der Waals surface area contributed by atoms with Gasteiger partial charge in [0.25, 0.3) is 0 Å². The molecule has 0 amide bonds. The van der Waals surface area contributed by atoms with E-state index in [-0.39, 0.29) is 0 Å². The van der Waals surface area contributed by atoms with Gasteiger partial charge in [-0.05, 0) is 53.9 Å². The molecule has 0 aromatic carbocycles. The third kappa shape index (κ3) is 3.46. The van der Waals surface area contributed by atoms with E-state index < -0.39 is 0 Å². The van der Waals surface area contributed by atoms with E-state index in [1.54, 1.807) is 0 Å². The van der Waals surface area contributed by atoms with E-state index in [2.05, 4.69) is 52.7 Å². The van der Waals surface area contributed by atoms with Gasteiger partial charge in [-0.15, -0.1) is 0 Å². The number of hydrogen-bond acceptors (Lipinski definition) is 3. The fraction of sp³-hybridized carbons (Fsp3) is 0.583. The van der Waals surface area contributed by atoms with E-state index in [4.69, 9.17) is 5.73 Å². The number of pyridine rings is 1. The minimum Gasteiger partial charge on any atom is -0.356 e. The lowest BCUT2D eigenvalue weighted by molar-refractivity contribution is 0.572. The number of aryl methyl sites for hydroxylation is 1. The average molecular weight is 286 g/mol. The second-order valence-corrected chi connectivity index (χ2v) is 5.09. The Morgan fingerprint density at radius 1 is 1.56 bits per heavy atom. The molecule has 2 N–H and O–H groups in total. The van der Waals surface area contributed by atoms with Gasteiger partial charge in [-0.2, -0.15) is 0 Å². The van der Waals surface area contributed by atoms with Crippen LogP contribution in [-0.4, -0.2) is 24.6 Å². The maximum atomic E-state index is 5.66. The van der Waals surface area contributed by atoms with Crippen LogP contribution in [0.15, 0.2) is 16.7 Å². The third-order valence-electron chi connectivity index (χ3n) is 2.63. The van der Waals surface area contributed by atoms with Gasteiger partial charge in [0.05, 0.1) is 0 Å². The minimum absolute atomic E-state index is 0.491. The Labute approximate surface area is 106 Å². The molecule has 0 aliphatic carbocycles. The molecule has 3 nitrogen and oxygen atoms in total. The maximum absolute atomic E-state index is 5.66. The number of aromatic nitrogens is 1. The highest BCUT2D eigenvalue weighted by molar-refractivity contribution is 9.10. The van der Waals surface area contributed by atoms with E-state index in [9.17, 15) is 0 Å². The topological polar surface area (TPSA) is 42.1 Å². The summed E-state index contributed by atoms with van der Waals surface area (Å²) in [5, 5.41) is 0. The Balaban J connectivity index is 2.86. The molecule has 4 heteroatoms. The smallest absolute Gasteiger partial charge is 0.131 e. The highest BCUT2D eigenvalue weighted by Gasteiger charge is 2.12. The molecular formula is C12H20BrN3. The summed E-state index contributed by atoms with van der Waals surface area (Å²) < 4.78 is 1.02. The molecule has 1 heterocycles. The number of anilines is 1. The van der Waals surface area contributed by atoms with Crippen LogP contribution < -0.4 is 10.6 Å².